The quantitative estimate of drug-likeness (QED) is 0.837. The molecule has 0 saturated carbocycles. The summed E-state index contributed by atoms with van der Waals surface area (Å²) in [6.07, 6.45) is 3.26. The number of rotatable bonds is 2. The number of nitrogens with two attached hydrogens (primary N) is 1. The predicted molar refractivity (Wildman–Crippen MR) is 87.7 cm³/mol. The normalized spacial score (nSPS) is 16.7. The molecule has 0 aliphatic heterocycles. The molecule has 1 unspecified atom stereocenters. The molecule has 0 saturated heterocycles. The van der Waals surface area contributed by atoms with E-state index < -0.39 is 0 Å². The Balaban J connectivity index is 1.78. The topological polar surface area (TPSA) is 55.1 Å². The van der Waals surface area contributed by atoms with Gasteiger partial charge in [0.1, 0.15) is 4.88 Å². The molecule has 3 rings (SSSR count). The summed E-state index contributed by atoms with van der Waals surface area (Å²) in [5, 5.41) is 7.16. The fourth-order valence-electron chi connectivity index (χ4n) is 2.59. The largest absolute Gasteiger partial charge is 0.344 e. The van der Waals surface area contributed by atoms with Crippen LogP contribution in [0.3, 0.4) is 0 Å². The van der Waals surface area contributed by atoms with Crippen molar-refractivity contribution >= 4 is 28.6 Å². The van der Waals surface area contributed by atoms with E-state index >= 15 is 0 Å². The monoisotopic (exact) mass is 316 g/mol. The first kappa shape index (κ1) is 14.3. The van der Waals surface area contributed by atoms with Gasteiger partial charge in [0.2, 0.25) is 0 Å². The van der Waals surface area contributed by atoms with Crippen LogP contribution in [0, 0.1) is 11.8 Å². The molecule has 1 atom stereocenters. The molecular weight excluding hydrogens is 300 g/mol. The van der Waals surface area contributed by atoms with Crippen LogP contribution >= 0.6 is 22.7 Å². The van der Waals surface area contributed by atoms with Crippen LogP contribution in [0.1, 0.15) is 44.6 Å². The maximum atomic E-state index is 12.5. The van der Waals surface area contributed by atoms with Gasteiger partial charge < -0.3 is 11.1 Å². The number of aryl methyl sites for hydroxylation is 1. The number of hydrogen-bond acceptors (Lipinski definition) is 4. The van der Waals surface area contributed by atoms with E-state index in [9.17, 15) is 4.79 Å². The Morgan fingerprint density at radius 1 is 1.38 bits per heavy atom. The third-order valence-electron chi connectivity index (χ3n) is 3.55. The van der Waals surface area contributed by atoms with E-state index in [4.69, 9.17) is 5.73 Å². The Labute approximate surface area is 132 Å². The first-order chi connectivity index (χ1) is 10.3. The molecule has 0 aromatic carbocycles. The van der Waals surface area contributed by atoms with Gasteiger partial charge in [-0.05, 0) is 47.7 Å². The van der Waals surface area contributed by atoms with Gasteiger partial charge in [-0.25, -0.2) is 0 Å². The average Bonchev–Trinajstić information content (AvgIpc) is 3.14. The second kappa shape index (κ2) is 6.44. The summed E-state index contributed by atoms with van der Waals surface area (Å²) in [4.78, 5) is 14.6. The number of amides is 1. The Morgan fingerprint density at radius 2 is 2.24 bits per heavy atom. The van der Waals surface area contributed by atoms with Crippen LogP contribution in [0.25, 0.3) is 0 Å². The van der Waals surface area contributed by atoms with Crippen molar-refractivity contribution in [3.8, 4) is 11.8 Å². The summed E-state index contributed by atoms with van der Waals surface area (Å²) in [6.45, 7) is 0.303. The van der Waals surface area contributed by atoms with Gasteiger partial charge in [0, 0.05) is 10.4 Å². The molecule has 1 aliphatic carbocycles. The van der Waals surface area contributed by atoms with Gasteiger partial charge in [-0.2, -0.15) is 0 Å². The van der Waals surface area contributed by atoms with E-state index in [0.717, 1.165) is 24.8 Å². The lowest BCUT2D eigenvalue weighted by Crippen LogP contribution is -2.30. The van der Waals surface area contributed by atoms with Crippen LogP contribution in [-0.2, 0) is 6.42 Å². The van der Waals surface area contributed by atoms with Crippen molar-refractivity contribution in [2.24, 2.45) is 5.73 Å². The number of fused-ring (bicyclic) bond motifs is 1. The van der Waals surface area contributed by atoms with Gasteiger partial charge in [-0.15, -0.1) is 22.7 Å². The highest BCUT2D eigenvalue weighted by Gasteiger charge is 2.24. The van der Waals surface area contributed by atoms with Crippen molar-refractivity contribution in [3.63, 3.8) is 0 Å². The second-order valence-electron chi connectivity index (χ2n) is 4.89. The van der Waals surface area contributed by atoms with Crippen LogP contribution < -0.4 is 11.1 Å². The minimum atomic E-state index is -0.0321. The highest BCUT2D eigenvalue weighted by atomic mass is 32.1. The molecule has 21 heavy (non-hydrogen) atoms. The smallest absolute Gasteiger partial charge is 0.263 e. The number of nitrogens with one attached hydrogen (secondary N) is 1. The Hall–Kier alpha value is -1.61. The summed E-state index contributed by atoms with van der Waals surface area (Å²) in [6, 6.07) is 4.14. The van der Waals surface area contributed by atoms with Gasteiger partial charge in [-0.1, -0.05) is 11.8 Å². The van der Waals surface area contributed by atoms with Crippen molar-refractivity contribution in [3.05, 3.63) is 43.8 Å². The summed E-state index contributed by atoms with van der Waals surface area (Å²) >= 11 is 3.21. The lowest BCUT2D eigenvalue weighted by molar-refractivity contribution is 0.0937. The zero-order valence-electron chi connectivity index (χ0n) is 11.5. The molecule has 3 N–H and O–H groups in total. The highest BCUT2D eigenvalue weighted by molar-refractivity contribution is 7.12. The first-order valence-electron chi connectivity index (χ1n) is 6.93. The molecule has 3 nitrogen and oxygen atoms in total. The molecule has 0 fully saturated rings. The average molecular weight is 316 g/mol. The predicted octanol–water partition coefficient (Wildman–Crippen LogP) is 2.93. The summed E-state index contributed by atoms with van der Waals surface area (Å²) in [7, 11) is 0. The molecule has 0 bridgehead atoms. The fourth-order valence-corrected chi connectivity index (χ4v) is 4.33. The van der Waals surface area contributed by atoms with E-state index in [0.29, 0.717) is 11.4 Å². The molecule has 1 aliphatic rings. The molecular formula is C16H16N2OS2. The van der Waals surface area contributed by atoms with Crippen LogP contribution in [0.15, 0.2) is 22.9 Å². The SMILES string of the molecule is NCC#Cc1ccsc1C(=O)NC1CCCc2sccc21. The van der Waals surface area contributed by atoms with Crippen LogP contribution in [0.2, 0.25) is 0 Å². The van der Waals surface area contributed by atoms with Crippen molar-refractivity contribution < 1.29 is 4.79 Å². The third kappa shape index (κ3) is 3.03. The second-order valence-corrected chi connectivity index (χ2v) is 6.80. The molecule has 2 aromatic heterocycles. The lowest BCUT2D eigenvalue weighted by atomic mass is 9.94. The van der Waals surface area contributed by atoms with Gasteiger partial charge in [0.25, 0.3) is 5.91 Å². The summed E-state index contributed by atoms with van der Waals surface area (Å²) in [5.74, 6) is 5.74. The van der Waals surface area contributed by atoms with Gasteiger partial charge in [-0.3, -0.25) is 4.79 Å². The van der Waals surface area contributed by atoms with Gasteiger partial charge in [0.15, 0.2) is 0 Å². The maximum absolute atomic E-state index is 12.5. The van der Waals surface area contributed by atoms with Crippen molar-refractivity contribution in [1.29, 1.82) is 0 Å². The van der Waals surface area contributed by atoms with Crippen molar-refractivity contribution in [2.75, 3.05) is 6.54 Å². The first-order valence-corrected chi connectivity index (χ1v) is 8.69. The number of thiophene rings is 2. The molecule has 2 aromatic rings. The summed E-state index contributed by atoms with van der Waals surface area (Å²) in [5.41, 5.74) is 7.44. The molecule has 2 heterocycles. The van der Waals surface area contributed by atoms with Crippen LogP contribution in [-0.4, -0.2) is 12.5 Å². The lowest BCUT2D eigenvalue weighted by Gasteiger charge is -2.23. The van der Waals surface area contributed by atoms with Crippen LogP contribution in [0.5, 0.6) is 0 Å². The zero-order valence-corrected chi connectivity index (χ0v) is 13.2. The van der Waals surface area contributed by atoms with E-state index in [1.165, 1.54) is 21.8 Å². The maximum Gasteiger partial charge on any atom is 0.263 e. The minimum absolute atomic E-state index is 0.0321. The number of carbonyl (C=O) groups is 1. The van der Waals surface area contributed by atoms with Crippen molar-refractivity contribution in [2.45, 2.75) is 25.3 Å². The van der Waals surface area contributed by atoms with E-state index in [1.54, 1.807) is 11.3 Å². The zero-order chi connectivity index (χ0) is 14.7. The molecule has 1 amide bonds. The van der Waals surface area contributed by atoms with Crippen LogP contribution in [0.4, 0.5) is 0 Å². The standard InChI is InChI=1S/C16H16N2OS2/c17-8-2-3-11-6-9-21-15(11)16(19)18-13-4-1-5-14-12(13)7-10-20-14/h6-7,9-10,13H,1,4-5,8,17H2,(H,18,19). The fraction of sp³-hybridized carbons (Fsp3) is 0.312. The number of carbonyl (C=O) groups excluding carboxylic acids is 1. The molecule has 108 valence electrons. The van der Waals surface area contributed by atoms with E-state index in [2.05, 4.69) is 28.6 Å². The van der Waals surface area contributed by atoms with Crippen molar-refractivity contribution in [1.82, 2.24) is 5.32 Å². The highest BCUT2D eigenvalue weighted by Crippen LogP contribution is 2.33. The molecule has 0 radical (unpaired) electrons. The van der Waals surface area contributed by atoms with E-state index in [-0.39, 0.29) is 11.9 Å². The van der Waals surface area contributed by atoms with Gasteiger partial charge in [0.05, 0.1) is 12.6 Å². The van der Waals surface area contributed by atoms with E-state index in [1.807, 2.05) is 11.4 Å². The summed E-state index contributed by atoms with van der Waals surface area (Å²) < 4.78 is 0. The minimum Gasteiger partial charge on any atom is -0.344 e. The molecule has 5 heteroatoms. The number of hydrogen-bond donors (Lipinski definition) is 2. The Bertz CT molecular complexity index is 705. The molecule has 0 spiro atoms. The third-order valence-corrected chi connectivity index (χ3v) is 5.46. The Morgan fingerprint density at radius 3 is 3.10 bits per heavy atom. The Kier molecular flexibility index (Phi) is 4.39. The van der Waals surface area contributed by atoms with Gasteiger partial charge >= 0.3 is 0 Å².